The van der Waals surface area contributed by atoms with Crippen LogP contribution in [-0.4, -0.2) is 78.9 Å². The lowest BCUT2D eigenvalue weighted by Crippen LogP contribution is -2.60. The number of nitrogens with one attached hydrogen (secondary N) is 2. The van der Waals surface area contributed by atoms with E-state index in [2.05, 4.69) is 20.6 Å². The van der Waals surface area contributed by atoms with Crippen LogP contribution in [0.1, 0.15) is 48.1 Å². The number of hydrogen-bond acceptors (Lipinski definition) is 8. The Morgan fingerprint density at radius 3 is 2.49 bits per heavy atom. The van der Waals surface area contributed by atoms with Crippen LogP contribution in [0.4, 0.5) is 0 Å². The molecule has 1 amide bonds. The summed E-state index contributed by atoms with van der Waals surface area (Å²) in [4.78, 5) is 25.6. The lowest BCUT2D eigenvalue weighted by Gasteiger charge is -2.40. The van der Waals surface area contributed by atoms with Crippen LogP contribution in [0.15, 0.2) is 48.3 Å². The third-order valence-corrected chi connectivity index (χ3v) is 9.60. The molecule has 0 unspecified atom stereocenters. The van der Waals surface area contributed by atoms with Crippen LogP contribution in [0.25, 0.3) is 5.57 Å². The predicted octanol–water partition coefficient (Wildman–Crippen LogP) is 6.06. The fraction of sp³-hybridized carbons (Fsp3) is 0.457. The fourth-order valence-corrected chi connectivity index (χ4v) is 7.14. The molecule has 250 valence electrons. The number of halogens is 3. The summed E-state index contributed by atoms with van der Waals surface area (Å²) in [5.74, 6) is 0.952. The SMILES string of the molecule is COCCCc1cc(CN(C(=O)C2=C(c3ccc(OCCOc4c(Cl)cc(C)cc4Cl)nc3)C[C@@H]3CNC[C@H]2N3)C2CC2)c(Cl)cn1. The van der Waals surface area contributed by atoms with E-state index in [0.29, 0.717) is 46.4 Å². The van der Waals surface area contributed by atoms with Gasteiger partial charge in [-0.15, -0.1) is 0 Å². The van der Waals surface area contributed by atoms with Gasteiger partial charge in [-0.1, -0.05) is 34.8 Å². The van der Waals surface area contributed by atoms with E-state index in [-0.39, 0.29) is 37.2 Å². The lowest BCUT2D eigenvalue weighted by molar-refractivity contribution is -0.128. The van der Waals surface area contributed by atoms with Crippen LogP contribution in [0, 0.1) is 6.92 Å². The second-order valence-corrected chi connectivity index (χ2v) is 13.6. The highest BCUT2D eigenvalue weighted by atomic mass is 35.5. The molecule has 2 bridgehead atoms. The third kappa shape index (κ3) is 8.39. The van der Waals surface area contributed by atoms with Crippen molar-refractivity contribution < 1.29 is 19.0 Å². The van der Waals surface area contributed by atoms with Gasteiger partial charge in [-0.25, -0.2) is 4.98 Å². The fourth-order valence-electron chi connectivity index (χ4n) is 6.27. The molecule has 4 heterocycles. The number of aromatic nitrogens is 2. The van der Waals surface area contributed by atoms with E-state index in [1.165, 1.54) is 0 Å². The van der Waals surface area contributed by atoms with Crippen LogP contribution in [0.5, 0.6) is 11.6 Å². The van der Waals surface area contributed by atoms with Gasteiger partial charge in [-0.3, -0.25) is 9.78 Å². The molecule has 1 saturated heterocycles. The van der Waals surface area contributed by atoms with Crippen LogP contribution in [-0.2, 0) is 22.5 Å². The summed E-state index contributed by atoms with van der Waals surface area (Å²) in [5, 5.41) is 8.69. The number of rotatable bonds is 14. The highest BCUT2D eigenvalue weighted by molar-refractivity contribution is 6.37. The molecule has 6 rings (SSSR count). The average Bonchev–Trinajstić information content (AvgIpc) is 3.90. The Bertz CT molecular complexity index is 1590. The van der Waals surface area contributed by atoms with E-state index < -0.39 is 0 Å². The first-order valence-corrected chi connectivity index (χ1v) is 17.2. The van der Waals surface area contributed by atoms with Crippen molar-refractivity contribution in [1.82, 2.24) is 25.5 Å². The summed E-state index contributed by atoms with van der Waals surface area (Å²) >= 11 is 19.2. The zero-order chi connectivity index (χ0) is 32.9. The first-order chi connectivity index (χ1) is 22.8. The number of pyridine rings is 2. The molecule has 2 atom stereocenters. The van der Waals surface area contributed by atoms with Crippen LogP contribution in [0.2, 0.25) is 15.1 Å². The van der Waals surface area contributed by atoms with Gasteiger partial charge in [0.2, 0.25) is 5.88 Å². The number of nitrogens with zero attached hydrogens (tertiary/aromatic N) is 3. The zero-order valence-electron chi connectivity index (χ0n) is 26.7. The molecule has 3 aromatic rings. The predicted molar refractivity (Wildman–Crippen MR) is 185 cm³/mol. The number of methoxy groups -OCH3 is 1. The molecule has 2 N–H and O–H groups in total. The number of amides is 1. The van der Waals surface area contributed by atoms with Crippen LogP contribution < -0.4 is 20.1 Å². The van der Waals surface area contributed by atoms with E-state index in [9.17, 15) is 4.79 Å². The van der Waals surface area contributed by atoms with Gasteiger partial charge in [-0.05, 0) is 85.6 Å². The normalized spacial score (nSPS) is 19.1. The molecule has 2 aromatic heterocycles. The first kappa shape index (κ1) is 34.0. The number of piperazine rings is 1. The van der Waals surface area contributed by atoms with E-state index in [0.717, 1.165) is 72.2 Å². The molecule has 2 aliphatic heterocycles. The Morgan fingerprint density at radius 2 is 1.77 bits per heavy atom. The molecule has 1 saturated carbocycles. The van der Waals surface area contributed by atoms with Gasteiger partial charge in [0.1, 0.15) is 13.2 Å². The topological polar surface area (TPSA) is 97.8 Å². The lowest BCUT2D eigenvalue weighted by atomic mass is 9.84. The van der Waals surface area contributed by atoms with E-state index >= 15 is 0 Å². The van der Waals surface area contributed by atoms with Gasteiger partial charge in [0.25, 0.3) is 5.91 Å². The maximum Gasteiger partial charge on any atom is 0.252 e. The Morgan fingerprint density at radius 1 is 0.979 bits per heavy atom. The maximum absolute atomic E-state index is 14.5. The quantitative estimate of drug-likeness (QED) is 0.196. The summed E-state index contributed by atoms with van der Waals surface area (Å²) in [7, 11) is 1.70. The molecule has 2 fully saturated rings. The van der Waals surface area contributed by atoms with Gasteiger partial charge in [0.05, 0.1) is 21.1 Å². The van der Waals surface area contributed by atoms with Gasteiger partial charge in [0.15, 0.2) is 5.75 Å². The first-order valence-electron chi connectivity index (χ1n) is 16.1. The average molecular weight is 701 g/mol. The second-order valence-electron chi connectivity index (χ2n) is 12.3. The molecule has 0 spiro atoms. The number of carbonyl (C=O) groups excluding carboxylic acids is 1. The Labute approximate surface area is 290 Å². The highest BCUT2D eigenvalue weighted by Crippen LogP contribution is 2.37. The number of benzene rings is 1. The highest BCUT2D eigenvalue weighted by Gasteiger charge is 2.41. The largest absolute Gasteiger partial charge is 0.487 e. The number of aryl methyl sites for hydroxylation is 2. The summed E-state index contributed by atoms with van der Waals surface area (Å²) in [6.45, 7) is 5.08. The Hall–Kier alpha value is -2.92. The molecule has 9 nitrogen and oxygen atoms in total. The zero-order valence-corrected chi connectivity index (χ0v) is 28.9. The summed E-state index contributed by atoms with van der Waals surface area (Å²) in [5.41, 5.74) is 5.57. The van der Waals surface area contributed by atoms with E-state index in [4.69, 9.17) is 49.0 Å². The molecule has 12 heteroatoms. The number of carbonyl (C=O) groups is 1. The summed E-state index contributed by atoms with van der Waals surface area (Å²) < 4.78 is 16.8. The maximum atomic E-state index is 14.5. The van der Waals surface area contributed by atoms with Crippen molar-refractivity contribution in [3.05, 3.63) is 85.8 Å². The number of hydrogen-bond donors (Lipinski definition) is 2. The molecule has 1 aliphatic carbocycles. The smallest absolute Gasteiger partial charge is 0.252 e. The second kappa shape index (κ2) is 15.5. The molecular formula is C35H40Cl3N5O4. The van der Waals surface area contributed by atoms with E-state index in [1.807, 2.05) is 42.2 Å². The molecule has 47 heavy (non-hydrogen) atoms. The Kier molecular flexibility index (Phi) is 11.2. The van der Waals surface area contributed by atoms with Crippen molar-refractivity contribution >= 4 is 46.3 Å². The minimum Gasteiger partial charge on any atom is -0.487 e. The third-order valence-electron chi connectivity index (χ3n) is 8.70. The van der Waals surface area contributed by atoms with Crippen molar-refractivity contribution in [2.75, 3.05) is 40.0 Å². The standard InChI is InChI=1S/C35H40Cl3N5O4/c1-21-12-28(36)34(29(37)13-21)47-11-10-46-32-8-5-22(16-41-32)27-15-25-17-39-19-31(42-25)33(27)35(44)43(26-6-7-26)20-23-14-24(4-3-9-45-2)40-18-30(23)38/h5,8,12-14,16,18,25-26,31,39,42H,3-4,6-7,9-11,15,17,19-20H2,1-2H3/t25-,31-/m1/s1. The van der Waals surface area contributed by atoms with Crippen molar-refractivity contribution in [2.24, 2.45) is 0 Å². The summed E-state index contributed by atoms with van der Waals surface area (Å²) in [6.07, 6.45) is 7.85. The van der Waals surface area contributed by atoms with Crippen molar-refractivity contribution in [3.8, 4) is 11.6 Å². The van der Waals surface area contributed by atoms with Crippen LogP contribution >= 0.6 is 34.8 Å². The van der Waals surface area contributed by atoms with E-state index in [1.54, 1.807) is 19.5 Å². The van der Waals surface area contributed by atoms with Gasteiger partial charge < -0.3 is 29.7 Å². The minimum absolute atomic E-state index is 0.0434. The van der Waals surface area contributed by atoms with Crippen LogP contribution in [0.3, 0.4) is 0 Å². The number of fused-ring (bicyclic) bond motifs is 2. The summed E-state index contributed by atoms with van der Waals surface area (Å²) in [6, 6.07) is 9.79. The molecule has 0 radical (unpaired) electrons. The van der Waals surface area contributed by atoms with Gasteiger partial charge in [-0.2, -0.15) is 0 Å². The molecular weight excluding hydrogens is 661 g/mol. The Balaban J connectivity index is 1.18. The van der Waals surface area contributed by atoms with Crippen molar-refractivity contribution in [2.45, 2.75) is 63.7 Å². The minimum atomic E-state index is -0.0998. The van der Waals surface area contributed by atoms with Gasteiger partial charge in [0, 0.05) is 75.2 Å². The molecule has 1 aromatic carbocycles. The van der Waals surface area contributed by atoms with Crippen molar-refractivity contribution in [3.63, 3.8) is 0 Å². The number of ether oxygens (including phenoxy) is 3. The monoisotopic (exact) mass is 699 g/mol. The van der Waals surface area contributed by atoms with Crippen molar-refractivity contribution in [1.29, 1.82) is 0 Å². The van der Waals surface area contributed by atoms with Gasteiger partial charge >= 0.3 is 0 Å². The molecule has 3 aliphatic rings.